The van der Waals surface area contributed by atoms with E-state index in [-0.39, 0.29) is 0 Å². The highest BCUT2D eigenvalue weighted by molar-refractivity contribution is 5.73. The lowest BCUT2D eigenvalue weighted by molar-refractivity contribution is -0.142. The van der Waals surface area contributed by atoms with Gasteiger partial charge in [0.25, 0.3) is 0 Å². The van der Waals surface area contributed by atoms with Gasteiger partial charge in [0.2, 0.25) is 0 Å². The predicted molar refractivity (Wildman–Crippen MR) is 86.0 cm³/mol. The van der Waals surface area contributed by atoms with Crippen LogP contribution in [0.5, 0.6) is 0 Å². The fourth-order valence-corrected chi connectivity index (χ4v) is 3.05. The van der Waals surface area contributed by atoms with Crippen molar-refractivity contribution in [2.45, 2.75) is 83.2 Å². The zero-order valence-electron chi connectivity index (χ0n) is 13.5. The van der Waals surface area contributed by atoms with Gasteiger partial charge in [-0.15, -0.1) is 0 Å². The molecule has 0 heterocycles. The van der Waals surface area contributed by atoms with Crippen LogP contribution in [-0.4, -0.2) is 41.3 Å². The number of aliphatic carboxylic acids is 1. The standard InChI is InChI=1S/C16H33N3O2/c1-2-3-5-11-15(16(20)21)18-19(13-8-12-17)14-9-6-4-7-10-14/h14-15,18H,2-13,17H2,1H3,(H,20,21). The zero-order valence-corrected chi connectivity index (χ0v) is 13.5. The van der Waals surface area contributed by atoms with Crippen LogP contribution < -0.4 is 11.2 Å². The van der Waals surface area contributed by atoms with Gasteiger partial charge in [-0.05, 0) is 32.2 Å². The summed E-state index contributed by atoms with van der Waals surface area (Å²) in [7, 11) is 0. The SMILES string of the molecule is CCCCCC(NN(CCCN)C1CCCCC1)C(=O)O. The van der Waals surface area contributed by atoms with Crippen molar-refractivity contribution in [3.05, 3.63) is 0 Å². The van der Waals surface area contributed by atoms with Gasteiger partial charge in [-0.25, -0.2) is 10.4 Å². The van der Waals surface area contributed by atoms with E-state index in [0.29, 0.717) is 19.0 Å². The average molecular weight is 299 g/mol. The molecule has 1 aliphatic rings. The van der Waals surface area contributed by atoms with Crippen LogP contribution in [0.2, 0.25) is 0 Å². The third kappa shape index (κ3) is 7.25. The molecule has 1 atom stereocenters. The minimum absolute atomic E-state index is 0.462. The van der Waals surface area contributed by atoms with Crippen LogP contribution in [-0.2, 0) is 4.79 Å². The molecule has 21 heavy (non-hydrogen) atoms. The van der Waals surface area contributed by atoms with E-state index in [4.69, 9.17) is 5.73 Å². The van der Waals surface area contributed by atoms with E-state index in [1.165, 1.54) is 32.1 Å². The maximum atomic E-state index is 11.5. The van der Waals surface area contributed by atoms with Crippen LogP contribution in [0, 0.1) is 0 Å². The first kappa shape index (κ1) is 18.4. The van der Waals surface area contributed by atoms with Crippen molar-refractivity contribution in [3.63, 3.8) is 0 Å². The number of hydrogen-bond donors (Lipinski definition) is 3. The Balaban J connectivity index is 2.55. The summed E-state index contributed by atoms with van der Waals surface area (Å²) in [5, 5.41) is 11.6. The first-order valence-electron chi connectivity index (χ1n) is 8.64. The van der Waals surface area contributed by atoms with Crippen LogP contribution in [0.15, 0.2) is 0 Å². The lowest BCUT2D eigenvalue weighted by Gasteiger charge is -2.36. The summed E-state index contributed by atoms with van der Waals surface area (Å²) >= 11 is 0. The lowest BCUT2D eigenvalue weighted by Crippen LogP contribution is -2.54. The summed E-state index contributed by atoms with van der Waals surface area (Å²) < 4.78 is 0. The fraction of sp³-hybridized carbons (Fsp3) is 0.938. The molecule has 124 valence electrons. The van der Waals surface area contributed by atoms with Crippen molar-refractivity contribution in [1.29, 1.82) is 0 Å². The van der Waals surface area contributed by atoms with Crippen LogP contribution >= 0.6 is 0 Å². The average Bonchev–Trinajstić information content (AvgIpc) is 2.50. The number of nitrogens with two attached hydrogens (primary N) is 1. The van der Waals surface area contributed by atoms with Crippen LogP contribution in [0.1, 0.15) is 71.1 Å². The van der Waals surface area contributed by atoms with Gasteiger partial charge in [-0.1, -0.05) is 45.4 Å². The van der Waals surface area contributed by atoms with E-state index in [2.05, 4.69) is 17.4 Å². The van der Waals surface area contributed by atoms with Gasteiger partial charge in [0.05, 0.1) is 0 Å². The molecule has 0 aromatic carbocycles. The molecule has 1 unspecified atom stereocenters. The quantitative estimate of drug-likeness (QED) is 0.403. The van der Waals surface area contributed by atoms with Gasteiger partial charge in [-0.2, -0.15) is 0 Å². The summed E-state index contributed by atoms with van der Waals surface area (Å²) in [6.07, 6.45) is 10.9. The number of hydrazine groups is 1. The van der Waals surface area contributed by atoms with E-state index < -0.39 is 12.0 Å². The van der Waals surface area contributed by atoms with Gasteiger partial charge in [0, 0.05) is 12.6 Å². The van der Waals surface area contributed by atoms with Crippen molar-refractivity contribution < 1.29 is 9.90 Å². The van der Waals surface area contributed by atoms with Crippen molar-refractivity contribution in [2.24, 2.45) is 5.73 Å². The second kappa shape index (κ2) is 11.0. The number of nitrogens with zero attached hydrogens (tertiary/aromatic N) is 1. The zero-order chi connectivity index (χ0) is 15.5. The van der Waals surface area contributed by atoms with Crippen LogP contribution in [0.25, 0.3) is 0 Å². The number of rotatable bonds is 11. The smallest absolute Gasteiger partial charge is 0.322 e. The predicted octanol–water partition coefficient (Wildman–Crippen LogP) is 2.51. The monoisotopic (exact) mass is 299 g/mol. The Morgan fingerprint density at radius 3 is 2.57 bits per heavy atom. The molecule has 0 aromatic heterocycles. The van der Waals surface area contributed by atoms with E-state index in [9.17, 15) is 9.90 Å². The van der Waals surface area contributed by atoms with Gasteiger partial charge < -0.3 is 10.8 Å². The Kier molecular flexibility index (Phi) is 9.63. The summed E-state index contributed by atoms with van der Waals surface area (Å²) in [5.41, 5.74) is 8.92. The van der Waals surface area contributed by atoms with Crippen LogP contribution in [0.3, 0.4) is 0 Å². The molecule has 0 saturated heterocycles. The van der Waals surface area contributed by atoms with Gasteiger partial charge in [-0.3, -0.25) is 4.79 Å². The van der Waals surface area contributed by atoms with Crippen molar-refractivity contribution in [3.8, 4) is 0 Å². The molecule has 0 aromatic rings. The summed E-state index contributed by atoms with van der Waals surface area (Å²) in [4.78, 5) is 11.5. The first-order valence-corrected chi connectivity index (χ1v) is 8.64. The Morgan fingerprint density at radius 1 is 1.29 bits per heavy atom. The van der Waals surface area contributed by atoms with E-state index in [0.717, 1.165) is 32.2 Å². The molecule has 5 heteroatoms. The number of unbranched alkanes of at least 4 members (excludes halogenated alkanes) is 2. The highest BCUT2D eigenvalue weighted by Crippen LogP contribution is 2.22. The number of nitrogens with one attached hydrogen (secondary N) is 1. The minimum Gasteiger partial charge on any atom is -0.480 e. The molecule has 0 aliphatic heterocycles. The van der Waals surface area contributed by atoms with Gasteiger partial charge in [0.15, 0.2) is 0 Å². The highest BCUT2D eigenvalue weighted by Gasteiger charge is 2.25. The van der Waals surface area contributed by atoms with Crippen molar-refractivity contribution >= 4 is 5.97 Å². The molecule has 1 rings (SSSR count). The first-order chi connectivity index (χ1) is 10.2. The van der Waals surface area contributed by atoms with E-state index in [1.54, 1.807) is 0 Å². The van der Waals surface area contributed by atoms with E-state index in [1.807, 2.05) is 0 Å². The number of hydrogen-bond acceptors (Lipinski definition) is 4. The van der Waals surface area contributed by atoms with Crippen molar-refractivity contribution in [2.75, 3.05) is 13.1 Å². The number of carboxylic acid groups (broad SMARTS) is 1. The second-order valence-electron chi connectivity index (χ2n) is 6.14. The van der Waals surface area contributed by atoms with E-state index >= 15 is 0 Å². The molecule has 5 nitrogen and oxygen atoms in total. The number of carboxylic acids is 1. The van der Waals surface area contributed by atoms with Gasteiger partial charge in [0.1, 0.15) is 6.04 Å². The molecule has 1 fully saturated rings. The molecular formula is C16H33N3O2. The topological polar surface area (TPSA) is 78.6 Å². The largest absolute Gasteiger partial charge is 0.480 e. The molecule has 1 aliphatic carbocycles. The van der Waals surface area contributed by atoms with Gasteiger partial charge >= 0.3 is 5.97 Å². The molecule has 0 spiro atoms. The Morgan fingerprint density at radius 2 is 2.00 bits per heavy atom. The normalized spacial score (nSPS) is 18.0. The third-order valence-electron chi connectivity index (χ3n) is 4.33. The molecule has 0 bridgehead atoms. The molecule has 1 saturated carbocycles. The number of carbonyl (C=O) groups is 1. The third-order valence-corrected chi connectivity index (χ3v) is 4.33. The summed E-state index contributed by atoms with van der Waals surface area (Å²) in [6.45, 7) is 3.63. The Bertz CT molecular complexity index is 281. The summed E-state index contributed by atoms with van der Waals surface area (Å²) in [6, 6.07) is 0.00887. The maximum absolute atomic E-state index is 11.5. The van der Waals surface area contributed by atoms with Crippen LogP contribution in [0.4, 0.5) is 0 Å². The Hall–Kier alpha value is -0.650. The molecular weight excluding hydrogens is 266 g/mol. The Labute approximate surface area is 129 Å². The van der Waals surface area contributed by atoms with Crippen molar-refractivity contribution in [1.82, 2.24) is 10.4 Å². The highest BCUT2D eigenvalue weighted by atomic mass is 16.4. The minimum atomic E-state index is -0.736. The fourth-order valence-electron chi connectivity index (χ4n) is 3.05. The lowest BCUT2D eigenvalue weighted by atomic mass is 9.95. The molecule has 0 radical (unpaired) electrons. The second-order valence-corrected chi connectivity index (χ2v) is 6.14. The summed E-state index contributed by atoms with van der Waals surface area (Å²) in [5.74, 6) is -0.736. The maximum Gasteiger partial charge on any atom is 0.322 e. The molecule has 0 amide bonds. The molecule has 4 N–H and O–H groups in total.